The second-order valence-corrected chi connectivity index (χ2v) is 5.54. The number of nitrogens with zero attached hydrogens (tertiary/aromatic N) is 2. The number of aryl methyl sites for hydroxylation is 2. The van der Waals surface area contributed by atoms with E-state index in [4.69, 9.17) is 4.52 Å². The van der Waals surface area contributed by atoms with Gasteiger partial charge in [-0.2, -0.15) is 0 Å². The van der Waals surface area contributed by atoms with Crippen molar-refractivity contribution in [3.05, 3.63) is 53.3 Å². The van der Waals surface area contributed by atoms with Gasteiger partial charge in [-0.05, 0) is 43.5 Å². The molecule has 23 heavy (non-hydrogen) atoms. The van der Waals surface area contributed by atoms with Crippen molar-refractivity contribution >= 4 is 16.8 Å². The lowest BCUT2D eigenvalue weighted by molar-refractivity contribution is -0.120. The fourth-order valence-corrected chi connectivity index (χ4v) is 2.65. The number of halogens is 1. The third-order valence-electron chi connectivity index (χ3n) is 3.93. The number of amides is 1. The lowest BCUT2D eigenvalue weighted by atomic mass is 10.1. The van der Waals surface area contributed by atoms with Crippen LogP contribution in [0.25, 0.3) is 10.9 Å². The van der Waals surface area contributed by atoms with Crippen LogP contribution in [0.3, 0.4) is 0 Å². The van der Waals surface area contributed by atoms with E-state index in [-0.39, 0.29) is 18.1 Å². The SMILES string of the molecule is Cc1noc(C)c1CC(=O)NCCn1ccc2ccc(F)cc21. The van der Waals surface area contributed by atoms with Crippen LogP contribution in [0, 0.1) is 19.7 Å². The predicted octanol–water partition coefficient (Wildman–Crippen LogP) is 2.74. The molecule has 0 aliphatic rings. The molecule has 120 valence electrons. The number of hydrogen-bond donors (Lipinski definition) is 1. The highest BCUT2D eigenvalue weighted by Crippen LogP contribution is 2.17. The Morgan fingerprint density at radius 1 is 1.35 bits per heavy atom. The van der Waals surface area contributed by atoms with Crippen molar-refractivity contribution in [3.63, 3.8) is 0 Å². The average molecular weight is 315 g/mol. The highest BCUT2D eigenvalue weighted by Gasteiger charge is 2.13. The van der Waals surface area contributed by atoms with Gasteiger partial charge in [-0.25, -0.2) is 4.39 Å². The number of hydrogen-bond acceptors (Lipinski definition) is 3. The number of carbonyl (C=O) groups is 1. The predicted molar refractivity (Wildman–Crippen MR) is 84.6 cm³/mol. The van der Waals surface area contributed by atoms with Gasteiger partial charge >= 0.3 is 0 Å². The minimum atomic E-state index is -0.264. The van der Waals surface area contributed by atoms with E-state index < -0.39 is 0 Å². The topological polar surface area (TPSA) is 60.1 Å². The van der Waals surface area contributed by atoms with Crippen molar-refractivity contribution in [1.82, 2.24) is 15.0 Å². The Labute approximate surface area is 133 Å². The van der Waals surface area contributed by atoms with Crippen LogP contribution in [0.1, 0.15) is 17.0 Å². The summed E-state index contributed by atoms with van der Waals surface area (Å²) in [5, 5.41) is 7.69. The van der Waals surface area contributed by atoms with E-state index in [9.17, 15) is 9.18 Å². The Bertz CT molecular complexity index is 831. The van der Waals surface area contributed by atoms with Gasteiger partial charge in [0.15, 0.2) is 0 Å². The minimum Gasteiger partial charge on any atom is -0.361 e. The van der Waals surface area contributed by atoms with Crippen molar-refractivity contribution < 1.29 is 13.7 Å². The largest absolute Gasteiger partial charge is 0.361 e. The van der Waals surface area contributed by atoms with Crippen LogP contribution in [0.2, 0.25) is 0 Å². The van der Waals surface area contributed by atoms with E-state index in [0.717, 1.165) is 22.2 Å². The van der Waals surface area contributed by atoms with Gasteiger partial charge in [0.25, 0.3) is 0 Å². The number of carbonyl (C=O) groups excluding carboxylic acids is 1. The Hall–Kier alpha value is -2.63. The minimum absolute atomic E-state index is 0.0814. The first kappa shape index (κ1) is 15.3. The molecule has 1 N–H and O–H groups in total. The molecule has 6 heteroatoms. The summed E-state index contributed by atoms with van der Waals surface area (Å²) >= 11 is 0. The molecule has 0 saturated heterocycles. The molecule has 1 aromatic carbocycles. The lowest BCUT2D eigenvalue weighted by Crippen LogP contribution is -2.28. The Morgan fingerprint density at radius 2 is 2.17 bits per heavy atom. The Balaban J connectivity index is 1.58. The standard InChI is InChI=1S/C17H18FN3O2/c1-11-15(12(2)23-20-11)10-17(22)19-6-8-21-7-5-13-3-4-14(18)9-16(13)21/h3-5,7,9H,6,8,10H2,1-2H3,(H,19,22). The maximum absolute atomic E-state index is 13.3. The third kappa shape index (κ3) is 3.26. The number of benzene rings is 1. The Kier molecular flexibility index (Phi) is 4.14. The fraction of sp³-hybridized carbons (Fsp3) is 0.294. The molecule has 0 fully saturated rings. The van der Waals surface area contributed by atoms with Crippen molar-refractivity contribution in [2.45, 2.75) is 26.8 Å². The highest BCUT2D eigenvalue weighted by atomic mass is 19.1. The van der Waals surface area contributed by atoms with Crippen LogP contribution in [-0.2, 0) is 17.8 Å². The maximum atomic E-state index is 13.3. The van der Waals surface area contributed by atoms with Crippen molar-refractivity contribution in [2.24, 2.45) is 0 Å². The summed E-state index contributed by atoms with van der Waals surface area (Å²) in [4.78, 5) is 12.0. The van der Waals surface area contributed by atoms with E-state index in [1.54, 1.807) is 13.0 Å². The molecule has 0 spiro atoms. The molecule has 0 aliphatic heterocycles. The van der Waals surface area contributed by atoms with Gasteiger partial charge in [0.05, 0.1) is 17.6 Å². The van der Waals surface area contributed by atoms with Gasteiger partial charge in [-0.1, -0.05) is 5.16 Å². The molecular formula is C17H18FN3O2. The normalized spacial score (nSPS) is 11.1. The number of aromatic nitrogens is 2. The first-order chi connectivity index (χ1) is 11.0. The van der Waals surface area contributed by atoms with Crippen molar-refractivity contribution in [2.75, 3.05) is 6.54 Å². The van der Waals surface area contributed by atoms with E-state index in [0.29, 0.717) is 18.8 Å². The smallest absolute Gasteiger partial charge is 0.224 e. The van der Waals surface area contributed by atoms with Crippen LogP contribution in [0.4, 0.5) is 4.39 Å². The zero-order valence-electron chi connectivity index (χ0n) is 13.1. The molecule has 0 saturated carbocycles. The lowest BCUT2D eigenvalue weighted by Gasteiger charge is -2.08. The molecule has 0 aliphatic carbocycles. The van der Waals surface area contributed by atoms with Crippen LogP contribution in [0.5, 0.6) is 0 Å². The van der Waals surface area contributed by atoms with Gasteiger partial charge in [-0.3, -0.25) is 4.79 Å². The van der Waals surface area contributed by atoms with Gasteiger partial charge in [0, 0.05) is 24.8 Å². The molecule has 0 unspecified atom stereocenters. The van der Waals surface area contributed by atoms with Crippen molar-refractivity contribution in [1.29, 1.82) is 0 Å². The third-order valence-corrected chi connectivity index (χ3v) is 3.93. The van der Waals surface area contributed by atoms with Gasteiger partial charge in [0.1, 0.15) is 11.6 Å². The molecular weight excluding hydrogens is 297 g/mol. The van der Waals surface area contributed by atoms with Crippen LogP contribution in [-0.4, -0.2) is 22.2 Å². The molecule has 3 rings (SSSR count). The molecule has 1 amide bonds. The highest BCUT2D eigenvalue weighted by molar-refractivity contribution is 5.80. The molecule has 0 radical (unpaired) electrons. The van der Waals surface area contributed by atoms with E-state index in [1.165, 1.54) is 12.1 Å². The molecule has 2 aromatic heterocycles. The molecule has 2 heterocycles. The summed E-state index contributed by atoms with van der Waals surface area (Å²) < 4.78 is 20.3. The van der Waals surface area contributed by atoms with Gasteiger partial charge in [-0.15, -0.1) is 0 Å². The number of fused-ring (bicyclic) bond motifs is 1. The first-order valence-corrected chi connectivity index (χ1v) is 7.47. The van der Waals surface area contributed by atoms with Crippen LogP contribution >= 0.6 is 0 Å². The molecule has 3 aromatic rings. The molecule has 5 nitrogen and oxygen atoms in total. The zero-order chi connectivity index (χ0) is 16.4. The van der Waals surface area contributed by atoms with E-state index in [2.05, 4.69) is 10.5 Å². The Morgan fingerprint density at radius 3 is 2.91 bits per heavy atom. The quantitative estimate of drug-likeness (QED) is 0.787. The monoisotopic (exact) mass is 315 g/mol. The summed E-state index contributed by atoms with van der Waals surface area (Å²) in [5.74, 6) is 0.325. The maximum Gasteiger partial charge on any atom is 0.224 e. The average Bonchev–Trinajstić information content (AvgIpc) is 3.05. The first-order valence-electron chi connectivity index (χ1n) is 7.47. The van der Waals surface area contributed by atoms with Crippen LogP contribution < -0.4 is 5.32 Å². The summed E-state index contributed by atoms with van der Waals surface area (Å²) in [5.41, 5.74) is 2.39. The van der Waals surface area contributed by atoms with E-state index >= 15 is 0 Å². The summed E-state index contributed by atoms with van der Waals surface area (Å²) in [6.45, 7) is 4.67. The van der Waals surface area contributed by atoms with Gasteiger partial charge in [0.2, 0.25) is 5.91 Å². The second-order valence-electron chi connectivity index (χ2n) is 5.54. The van der Waals surface area contributed by atoms with Crippen LogP contribution in [0.15, 0.2) is 35.0 Å². The number of rotatable bonds is 5. The number of nitrogens with one attached hydrogen (secondary N) is 1. The summed E-state index contributed by atoms with van der Waals surface area (Å²) in [6, 6.07) is 6.62. The molecule has 0 atom stereocenters. The molecule has 0 bridgehead atoms. The second kappa shape index (κ2) is 6.24. The van der Waals surface area contributed by atoms with E-state index in [1.807, 2.05) is 23.8 Å². The fourth-order valence-electron chi connectivity index (χ4n) is 2.65. The van der Waals surface area contributed by atoms with Crippen molar-refractivity contribution in [3.8, 4) is 0 Å². The summed E-state index contributed by atoms with van der Waals surface area (Å²) in [6.07, 6.45) is 2.15. The van der Waals surface area contributed by atoms with Gasteiger partial charge < -0.3 is 14.4 Å². The summed E-state index contributed by atoms with van der Waals surface area (Å²) in [7, 11) is 0. The zero-order valence-corrected chi connectivity index (χ0v) is 13.1.